The van der Waals surface area contributed by atoms with Crippen molar-refractivity contribution in [1.29, 1.82) is 0 Å². The first-order valence-electron chi connectivity index (χ1n) is 6.24. The number of para-hydroxylation sites is 1. The van der Waals surface area contributed by atoms with Crippen LogP contribution in [0, 0.1) is 5.92 Å². The van der Waals surface area contributed by atoms with E-state index in [0.717, 1.165) is 18.1 Å². The fourth-order valence-corrected chi connectivity index (χ4v) is 2.74. The first-order chi connectivity index (χ1) is 7.84. The van der Waals surface area contributed by atoms with Crippen LogP contribution in [0.1, 0.15) is 37.2 Å². The second-order valence-electron chi connectivity index (χ2n) is 5.06. The van der Waals surface area contributed by atoms with Gasteiger partial charge in [0.15, 0.2) is 0 Å². The molecule has 1 aromatic rings. The van der Waals surface area contributed by atoms with Gasteiger partial charge in [0.1, 0.15) is 5.75 Å². The Labute approximate surface area is 96.2 Å². The van der Waals surface area contributed by atoms with Crippen molar-refractivity contribution in [3.8, 4) is 5.75 Å². The van der Waals surface area contributed by atoms with Gasteiger partial charge in [-0.3, -0.25) is 0 Å². The summed E-state index contributed by atoms with van der Waals surface area (Å²) in [4.78, 5) is 0. The minimum absolute atomic E-state index is 0.191. The summed E-state index contributed by atoms with van der Waals surface area (Å²) in [5.74, 6) is 1.90. The van der Waals surface area contributed by atoms with Crippen LogP contribution in [0.5, 0.6) is 5.75 Å². The molecule has 1 saturated carbocycles. The molecule has 0 aromatic heterocycles. The summed E-state index contributed by atoms with van der Waals surface area (Å²) >= 11 is 0. The maximum Gasteiger partial charge on any atom is 0.123 e. The van der Waals surface area contributed by atoms with Crippen molar-refractivity contribution in [3.63, 3.8) is 0 Å². The molecule has 0 saturated heterocycles. The van der Waals surface area contributed by atoms with Crippen molar-refractivity contribution in [2.45, 2.75) is 37.7 Å². The lowest BCUT2D eigenvalue weighted by atomic mass is 9.78. The van der Waals surface area contributed by atoms with Gasteiger partial charge in [0.2, 0.25) is 0 Å². The molecule has 1 aliphatic carbocycles. The van der Waals surface area contributed by atoms with E-state index in [0.29, 0.717) is 6.61 Å². The van der Waals surface area contributed by atoms with Crippen LogP contribution in [-0.2, 0) is 0 Å². The van der Waals surface area contributed by atoms with E-state index in [2.05, 4.69) is 6.07 Å². The van der Waals surface area contributed by atoms with Gasteiger partial charge in [0, 0.05) is 11.5 Å². The predicted octanol–water partition coefficient (Wildman–Crippen LogP) is 2.71. The molecule has 2 heteroatoms. The SMILES string of the molecule is OC(CC1CCC1)C1COc2ccccc21. The molecular formula is C14H18O2. The fraction of sp³-hybridized carbons (Fsp3) is 0.571. The molecule has 86 valence electrons. The summed E-state index contributed by atoms with van der Waals surface area (Å²) in [5.41, 5.74) is 1.19. The minimum Gasteiger partial charge on any atom is -0.493 e. The van der Waals surface area contributed by atoms with E-state index < -0.39 is 0 Å². The van der Waals surface area contributed by atoms with Crippen LogP contribution in [0.15, 0.2) is 24.3 Å². The highest BCUT2D eigenvalue weighted by molar-refractivity contribution is 5.40. The topological polar surface area (TPSA) is 29.5 Å². The first kappa shape index (κ1) is 10.2. The van der Waals surface area contributed by atoms with E-state index in [9.17, 15) is 5.11 Å². The smallest absolute Gasteiger partial charge is 0.123 e. The molecule has 2 unspecified atom stereocenters. The average Bonchev–Trinajstić information content (AvgIpc) is 2.67. The molecule has 2 aliphatic rings. The van der Waals surface area contributed by atoms with Crippen LogP contribution < -0.4 is 4.74 Å². The Balaban J connectivity index is 1.71. The molecule has 0 radical (unpaired) electrons. The van der Waals surface area contributed by atoms with Gasteiger partial charge in [-0.2, -0.15) is 0 Å². The number of rotatable bonds is 3. The number of benzene rings is 1. The van der Waals surface area contributed by atoms with Gasteiger partial charge in [-0.1, -0.05) is 37.5 Å². The summed E-state index contributed by atoms with van der Waals surface area (Å²) in [5, 5.41) is 10.3. The monoisotopic (exact) mass is 218 g/mol. The van der Waals surface area contributed by atoms with Crippen molar-refractivity contribution >= 4 is 0 Å². The van der Waals surface area contributed by atoms with E-state index in [1.807, 2.05) is 18.2 Å². The van der Waals surface area contributed by atoms with E-state index in [-0.39, 0.29) is 12.0 Å². The number of hydrogen-bond donors (Lipinski definition) is 1. The maximum atomic E-state index is 10.3. The third-order valence-corrected chi connectivity index (χ3v) is 4.00. The molecule has 16 heavy (non-hydrogen) atoms. The first-order valence-corrected chi connectivity index (χ1v) is 6.24. The Morgan fingerprint density at radius 1 is 1.31 bits per heavy atom. The molecule has 1 aromatic carbocycles. The number of aliphatic hydroxyl groups is 1. The lowest BCUT2D eigenvalue weighted by Crippen LogP contribution is -2.25. The quantitative estimate of drug-likeness (QED) is 0.845. The van der Waals surface area contributed by atoms with E-state index in [1.165, 1.54) is 24.8 Å². The second kappa shape index (κ2) is 4.10. The summed E-state index contributed by atoms with van der Waals surface area (Å²) in [6.45, 7) is 0.646. The highest BCUT2D eigenvalue weighted by atomic mass is 16.5. The highest BCUT2D eigenvalue weighted by Gasteiger charge is 2.32. The van der Waals surface area contributed by atoms with E-state index in [1.54, 1.807) is 0 Å². The van der Waals surface area contributed by atoms with Gasteiger partial charge >= 0.3 is 0 Å². The molecule has 0 spiro atoms. The molecule has 2 nitrogen and oxygen atoms in total. The lowest BCUT2D eigenvalue weighted by Gasteiger charge is -2.29. The number of aliphatic hydroxyl groups excluding tert-OH is 1. The molecule has 0 bridgehead atoms. The molecule has 1 fully saturated rings. The Kier molecular flexibility index (Phi) is 2.60. The van der Waals surface area contributed by atoms with Crippen LogP contribution in [-0.4, -0.2) is 17.8 Å². The number of fused-ring (bicyclic) bond motifs is 1. The van der Waals surface area contributed by atoms with Crippen LogP contribution in [0.4, 0.5) is 0 Å². The standard InChI is InChI=1S/C14H18O2/c15-13(8-10-4-3-5-10)12-9-16-14-7-2-1-6-11(12)14/h1-2,6-7,10,12-13,15H,3-5,8-9H2. The molecule has 1 aliphatic heterocycles. The molecule has 3 rings (SSSR count). The van der Waals surface area contributed by atoms with Crippen LogP contribution in [0.2, 0.25) is 0 Å². The third kappa shape index (κ3) is 1.71. The molecule has 2 atom stereocenters. The van der Waals surface area contributed by atoms with Gasteiger partial charge in [-0.05, 0) is 18.4 Å². The van der Waals surface area contributed by atoms with Crippen molar-refractivity contribution < 1.29 is 9.84 Å². The average molecular weight is 218 g/mol. The van der Waals surface area contributed by atoms with Gasteiger partial charge in [0.25, 0.3) is 0 Å². The van der Waals surface area contributed by atoms with Crippen molar-refractivity contribution in [2.24, 2.45) is 5.92 Å². The van der Waals surface area contributed by atoms with E-state index in [4.69, 9.17) is 4.74 Å². The zero-order valence-electron chi connectivity index (χ0n) is 9.43. The molecular weight excluding hydrogens is 200 g/mol. The summed E-state index contributed by atoms with van der Waals surface area (Å²) in [7, 11) is 0. The number of hydrogen-bond acceptors (Lipinski definition) is 2. The molecule has 1 heterocycles. The van der Waals surface area contributed by atoms with Crippen LogP contribution in [0.3, 0.4) is 0 Å². The maximum absolute atomic E-state index is 10.3. The Hall–Kier alpha value is -1.02. The Bertz CT molecular complexity index is 371. The van der Waals surface area contributed by atoms with E-state index >= 15 is 0 Å². The van der Waals surface area contributed by atoms with Gasteiger partial charge < -0.3 is 9.84 Å². The summed E-state index contributed by atoms with van der Waals surface area (Å²) in [6, 6.07) is 8.08. The van der Waals surface area contributed by atoms with Crippen LogP contribution in [0.25, 0.3) is 0 Å². The third-order valence-electron chi connectivity index (χ3n) is 4.00. The van der Waals surface area contributed by atoms with Crippen molar-refractivity contribution in [2.75, 3.05) is 6.61 Å². The van der Waals surface area contributed by atoms with Crippen molar-refractivity contribution in [3.05, 3.63) is 29.8 Å². The fourth-order valence-electron chi connectivity index (χ4n) is 2.74. The largest absolute Gasteiger partial charge is 0.493 e. The lowest BCUT2D eigenvalue weighted by molar-refractivity contribution is 0.0848. The normalized spacial score (nSPS) is 25.7. The van der Waals surface area contributed by atoms with Crippen molar-refractivity contribution in [1.82, 2.24) is 0 Å². The highest BCUT2D eigenvalue weighted by Crippen LogP contribution is 2.39. The van der Waals surface area contributed by atoms with Crippen LogP contribution >= 0.6 is 0 Å². The van der Waals surface area contributed by atoms with Gasteiger partial charge in [-0.25, -0.2) is 0 Å². The zero-order chi connectivity index (χ0) is 11.0. The van der Waals surface area contributed by atoms with Gasteiger partial charge in [0.05, 0.1) is 12.7 Å². The summed E-state index contributed by atoms with van der Waals surface area (Å²) in [6.07, 6.45) is 4.66. The zero-order valence-corrected chi connectivity index (χ0v) is 9.43. The number of ether oxygens (including phenoxy) is 1. The minimum atomic E-state index is -0.228. The Morgan fingerprint density at radius 3 is 2.88 bits per heavy atom. The molecule has 1 N–H and O–H groups in total. The molecule has 0 amide bonds. The predicted molar refractivity (Wildman–Crippen MR) is 62.6 cm³/mol. The second-order valence-corrected chi connectivity index (χ2v) is 5.06. The Morgan fingerprint density at radius 2 is 2.12 bits per heavy atom. The summed E-state index contributed by atoms with van der Waals surface area (Å²) < 4.78 is 5.61. The van der Waals surface area contributed by atoms with Gasteiger partial charge in [-0.15, -0.1) is 0 Å².